The number of allylic oxidation sites excluding steroid dienone is 2. The zero-order valence-electron chi connectivity index (χ0n) is 10.8. The summed E-state index contributed by atoms with van der Waals surface area (Å²) in [6, 6.07) is 0. The third-order valence-corrected chi connectivity index (χ3v) is 2.19. The van der Waals surface area contributed by atoms with Crippen LogP contribution in [0.3, 0.4) is 0 Å². The Morgan fingerprint density at radius 2 is 1.88 bits per heavy atom. The first-order chi connectivity index (χ1) is 7.74. The first kappa shape index (κ1) is 15.0. The summed E-state index contributed by atoms with van der Waals surface area (Å²) in [5.74, 6) is 0.747. The molecule has 0 bridgehead atoms. The molecule has 94 valence electrons. The fraction of sp³-hybridized carbons (Fsp3) is 0.769. The number of ether oxygens (including phenoxy) is 2. The quantitative estimate of drug-likeness (QED) is 0.350. The van der Waals surface area contributed by atoms with E-state index >= 15 is 0 Å². The first-order valence-electron chi connectivity index (χ1n) is 6.28. The smallest absolute Gasteiger partial charge is 0.434 e. The molecule has 0 amide bonds. The fourth-order valence-electron chi connectivity index (χ4n) is 1.40. The topological polar surface area (TPSA) is 35.5 Å². The molecule has 3 nitrogen and oxygen atoms in total. The predicted molar refractivity (Wildman–Crippen MR) is 65.2 cm³/mol. The highest BCUT2D eigenvalue weighted by atomic mass is 16.7. The lowest BCUT2D eigenvalue weighted by Crippen LogP contribution is -2.07. The second-order valence-electron chi connectivity index (χ2n) is 3.67. The second-order valence-corrected chi connectivity index (χ2v) is 3.67. The van der Waals surface area contributed by atoms with Crippen molar-refractivity contribution < 1.29 is 14.3 Å². The van der Waals surface area contributed by atoms with Crippen LogP contribution in [-0.4, -0.2) is 12.8 Å². The molecule has 3 heteroatoms. The first-order valence-corrected chi connectivity index (χ1v) is 6.28. The Morgan fingerprint density at radius 3 is 2.44 bits per heavy atom. The predicted octanol–water partition coefficient (Wildman–Crippen LogP) is 4.42. The number of hydrogen-bond acceptors (Lipinski definition) is 3. The highest BCUT2D eigenvalue weighted by molar-refractivity contribution is 5.61. The standard InChI is InChI=1S/C13H24O3/c1-4-7-8-9-11-12(10-5-2)16-13(14)15-6-3/h10H,4-9,11H2,1-3H3. The van der Waals surface area contributed by atoms with Crippen LogP contribution in [0.4, 0.5) is 4.79 Å². The molecule has 0 N–H and O–H groups in total. The Balaban J connectivity index is 3.88. The minimum absolute atomic E-state index is 0.355. The molecule has 0 aliphatic heterocycles. The van der Waals surface area contributed by atoms with Crippen LogP contribution in [0.15, 0.2) is 11.8 Å². The van der Waals surface area contributed by atoms with Gasteiger partial charge in [-0.1, -0.05) is 33.1 Å². The zero-order valence-corrected chi connectivity index (χ0v) is 10.8. The third-order valence-electron chi connectivity index (χ3n) is 2.19. The van der Waals surface area contributed by atoms with E-state index in [2.05, 4.69) is 6.92 Å². The van der Waals surface area contributed by atoms with Crippen LogP contribution in [0.5, 0.6) is 0 Å². The lowest BCUT2D eigenvalue weighted by Gasteiger charge is -2.08. The van der Waals surface area contributed by atoms with E-state index in [4.69, 9.17) is 9.47 Å². The average Bonchev–Trinajstić information content (AvgIpc) is 2.25. The SMILES string of the molecule is CCC=C(CCCCCC)OC(=O)OCC. The number of rotatable bonds is 8. The van der Waals surface area contributed by atoms with Gasteiger partial charge in [-0.05, 0) is 25.8 Å². The molecule has 0 saturated carbocycles. The van der Waals surface area contributed by atoms with Gasteiger partial charge in [0.25, 0.3) is 0 Å². The van der Waals surface area contributed by atoms with Gasteiger partial charge in [0.15, 0.2) is 0 Å². The maximum absolute atomic E-state index is 11.1. The van der Waals surface area contributed by atoms with Crippen molar-refractivity contribution in [3.8, 4) is 0 Å². The van der Waals surface area contributed by atoms with E-state index in [0.717, 1.165) is 25.0 Å². The highest BCUT2D eigenvalue weighted by Crippen LogP contribution is 2.13. The molecule has 0 aromatic carbocycles. The average molecular weight is 228 g/mol. The summed E-state index contributed by atoms with van der Waals surface area (Å²) >= 11 is 0. The van der Waals surface area contributed by atoms with Gasteiger partial charge in [-0.2, -0.15) is 0 Å². The molecule has 0 aliphatic rings. The van der Waals surface area contributed by atoms with E-state index in [0.29, 0.717) is 6.61 Å². The molecular formula is C13H24O3. The summed E-state index contributed by atoms with van der Waals surface area (Å²) in [5.41, 5.74) is 0. The molecule has 0 aromatic rings. The van der Waals surface area contributed by atoms with Crippen LogP contribution in [-0.2, 0) is 9.47 Å². The number of hydrogen-bond donors (Lipinski definition) is 0. The molecule has 0 spiro atoms. The minimum Gasteiger partial charge on any atom is -0.434 e. The molecule has 0 fully saturated rings. The zero-order chi connectivity index (χ0) is 12.2. The molecule has 0 saturated heterocycles. The van der Waals surface area contributed by atoms with E-state index in [-0.39, 0.29) is 0 Å². The van der Waals surface area contributed by atoms with Crippen molar-refractivity contribution in [3.05, 3.63) is 11.8 Å². The minimum atomic E-state index is -0.585. The summed E-state index contributed by atoms with van der Waals surface area (Å²) in [6.07, 6.45) is 7.77. The molecule has 16 heavy (non-hydrogen) atoms. The maximum Gasteiger partial charge on any atom is 0.513 e. The van der Waals surface area contributed by atoms with Crippen molar-refractivity contribution in [2.75, 3.05) is 6.61 Å². The van der Waals surface area contributed by atoms with Gasteiger partial charge in [-0.25, -0.2) is 4.79 Å². The van der Waals surface area contributed by atoms with E-state index < -0.39 is 6.16 Å². The molecule has 0 aromatic heterocycles. The van der Waals surface area contributed by atoms with Crippen LogP contribution in [0, 0.1) is 0 Å². The van der Waals surface area contributed by atoms with Crippen LogP contribution in [0.1, 0.15) is 59.3 Å². The fourth-order valence-corrected chi connectivity index (χ4v) is 1.40. The van der Waals surface area contributed by atoms with Gasteiger partial charge in [0, 0.05) is 6.42 Å². The maximum atomic E-state index is 11.1. The van der Waals surface area contributed by atoms with Crippen molar-refractivity contribution in [2.24, 2.45) is 0 Å². The van der Waals surface area contributed by atoms with Crippen molar-refractivity contribution in [1.82, 2.24) is 0 Å². The van der Waals surface area contributed by atoms with E-state index in [1.54, 1.807) is 6.92 Å². The van der Waals surface area contributed by atoms with Crippen molar-refractivity contribution in [3.63, 3.8) is 0 Å². The summed E-state index contributed by atoms with van der Waals surface area (Å²) < 4.78 is 9.86. The normalized spacial score (nSPS) is 11.3. The Kier molecular flexibility index (Phi) is 9.87. The molecular weight excluding hydrogens is 204 g/mol. The summed E-state index contributed by atoms with van der Waals surface area (Å²) in [4.78, 5) is 11.1. The van der Waals surface area contributed by atoms with Crippen molar-refractivity contribution in [2.45, 2.75) is 59.3 Å². The molecule has 0 rings (SSSR count). The molecule has 0 heterocycles. The number of unbranched alkanes of at least 4 members (excludes halogenated alkanes) is 3. The van der Waals surface area contributed by atoms with Crippen LogP contribution < -0.4 is 0 Å². The Labute approximate surface area is 98.8 Å². The van der Waals surface area contributed by atoms with E-state index in [1.165, 1.54) is 19.3 Å². The molecule has 0 atom stereocenters. The van der Waals surface area contributed by atoms with Gasteiger partial charge in [0.2, 0.25) is 0 Å². The lowest BCUT2D eigenvalue weighted by molar-refractivity contribution is 0.0789. The highest BCUT2D eigenvalue weighted by Gasteiger charge is 2.06. The van der Waals surface area contributed by atoms with Crippen molar-refractivity contribution in [1.29, 1.82) is 0 Å². The lowest BCUT2D eigenvalue weighted by atomic mass is 10.1. The van der Waals surface area contributed by atoms with E-state index in [9.17, 15) is 4.79 Å². The summed E-state index contributed by atoms with van der Waals surface area (Å²) in [7, 11) is 0. The van der Waals surface area contributed by atoms with Crippen molar-refractivity contribution >= 4 is 6.16 Å². The monoisotopic (exact) mass is 228 g/mol. The molecule has 0 radical (unpaired) electrons. The summed E-state index contributed by atoms with van der Waals surface area (Å²) in [5, 5.41) is 0. The second kappa shape index (κ2) is 10.5. The van der Waals surface area contributed by atoms with Gasteiger partial charge < -0.3 is 9.47 Å². The van der Waals surface area contributed by atoms with Gasteiger partial charge in [-0.15, -0.1) is 0 Å². The van der Waals surface area contributed by atoms with Gasteiger partial charge >= 0.3 is 6.16 Å². The largest absolute Gasteiger partial charge is 0.513 e. The Bertz CT molecular complexity index is 209. The molecule has 0 aliphatic carbocycles. The third kappa shape index (κ3) is 8.33. The van der Waals surface area contributed by atoms with Gasteiger partial charge in [-0.3, -0.25) is 0 Å². The molecule has 0 unspecified atom stereocenters. The Hall–Kier alpha value is -0.990. The van der Waals surface area contributed by atoms with Crippen LogP contribution in [0.2, 0.25) is 0 Å². The van der Waals surface area contributed by atoms with Gasteiger partial charge in [0.1, 0.15) is 5.76 Å². The van der Waals surface area contributed by atoms with Gasteiger partial charge in [0.05, 0.1) is 6.61 Å². The summed E-state index contributed by atoms with van der Waals surface area (Å²) in [6.45, 7) is 6.33. The number of carbonyl (C=O) groups excluding carboxylic acids is 1. The number of carbonyl (C=O) groups is 1. The van der Waals surface area contributed by atoms with Crippen LogP contribution in [0.25, 0.3) is 0 Å². The van der Waals surface area contributed by atoms with E-state index in [1.807, 2.05) is 13.0 Å². The van der Waals surface area contributed by atoms with Crippen LogP contribution >= 0.6 is 0 Å². The Morgan fingerprint density at radius 1 is 1.12 bits per heavy atom.